The molecule has 0 aromatic carbocycles. The van der Waals surface area contributed by atoms with E-state index in [1.807, 2.05) is 24.1 Å². The average Bonchev–Trinajstić information content (AvgIpc) is 2.18. The second kappa shape index (κ2) is 4.91. The lowest BCUT2D eigenvalue weighted by molar-refractivity contribution is 0.303. The van der Waals surface area contributed by atoms with Crippen LogP contribution in [0.3, 0.4) is 0 Å². The van der Waals surface area contributed by atoms with Gasteiger partial charge in [0.05, 0.1) is 12.3 Å². The third kappa shape index (κ3) is 2.67. The lowest BCUT2D eigenvalue weighted by atomic mass is 10.1. The summed E-state index contributed by atoms with van der Waals surface area (Å²) in [6.45, 7) is 4.88. The molecule has 0 spiro atoms. The van der Waals surface area contributed by atoms with Crippen LogP contribution in [0.5, 0.6) is 0 Å². The highest BCUT2D eigenvalue weighted by Gasteiger charge is 2.04. The molecule has 4 nitrogen and oxygen atoms in total. The van der Waals surface area contributed by atoms with Crippen LogP contribution in [-0.2, 0) is 0 Å². The molecule has 0 saturated heterocycles. The first-order chi connectivity index (χ1) is 6.65. The smallest absolute Gasteiger partial charge is 0.151 e. The van der Waals surface area contributed by atoms with Crippen LogP contribution in [0.4, 0.5) is 5.82 Å². The van der Waals surface area contributed by atoms with Crippen molar-refractivity contribution in [3.8, 4) is 0 Å². The van der Waals surface area contributed by atoms with E-state index in [-0.39, 0.29) is 6.61 Å². The molecule has 0 unspecified atom stereocenters. The standard InChI is InChI=1S/C10H17N3O/c1-8(2)9-4-5-10(12-11-9)13(3)6-7-14/h4-5,8,14H,6-7H2,1-3H3. The number of rotatable bonds is 4. The van der Waals surface area contributed by atoms with Crippen LogP contribution in [0, 0.1) is 0 Å². The summed E-state index contributed by atoms with van der Waals surface area (Å²) < 4.78 is 0. The summed E-state index contributed by atoms with van der Waals surface area (Å²) in [5.74, 6) is 1.20. The normalized spacial score (nSPS) is 10.6. The number of aliphatic hydroxyl groups excluding tert-OH is 1. The highest BCUT2D eigenvalue weighted by atomic mass is 16.3. The number of likely N-dealkylation sites (N-methyl/N-ethyl adjacent to an activating group) is 1. The van der Waals surface area contributed by atoms with E-state index in [1.54, 1.807) is 0 Å². The minimum Gasteiger partial charge on any atom is -0.395 e. The molecule has 0 saturated carbocycles. The van der Waals surface area contributed by atoms with Crippen LogP contribution in [-0.4, -0.2) is 35.5 Å². The van der Waals surface area contributed by atoms with Gasteiger partial charge in [0.15, 0.2) is 5.82 Å². The van der Waals surface area contributed by atoms with Crippen molar-refractivity contribution in [2.45, 2.75) is 19.8 Å². The molecular formula is C10H17N3O. The SMILES string of the molecule is CC(C)c1ccc(N(C)CCO)nn1. The van der Waals surface area contributed by atoms with Gasteiger partial charge in [-0.1, -0.05) is 13.8 Å². The molecular weight excluding hydrogens is 178 g/mol. The van der Waals surface area contributed by atoms with E-state index in [4.69, 9.17) is 5.11 Å². The number of hydrogen-bond acceptors (Lipinski definition) is 4. The molecule has 0 amide bonds. The fourth-order valence-corrected chi connectivity index (χ4v) is 1.11. The van der Waals surface area contributed by atoms with Crippen LogP contribution in [0.15, 0.2) is 12.1 Å². The Kier molecular flexibility index (Phi) is 3.83. The van der Waals surface area contributed by atoms with Gasteiger partial charge < -0.3 is 10.0 Å². The molecule has 1 N–H and O–H groups in total. The van der Waals surface area contributed by atoms with E-state index in [0.717, 1.165) is 11.5 Å². The fourth-order valence-electron chi connectivity index (χ4n) is 1.11. The van der Waals surface area contributed by atoms with E-state index in [1.165, 1.54) is 0 Å². The van der Waals surface area contributed by atoms with Gasteiger partial charge in [0.1, 0.15) is 0 Å². The van der Waals surface area contributed by atoms with Crippen molar-refractivity contribution in [1.82, 2.24) is 10.2 Å². The molecule has 0 aliphatic heterocycles. The van der Waals surface area contributed by atoms with Crippen molar-refractivity contribution in [2.75, 3.05) is 25.1 Å². The number of nitrogens with zero attached hydrogens (tertiary/aromatic N) is 3. The summed E-state index contributed by atoms with van der Waals surface area (Å²) in [6.07, 6.45) is 0. The molecule has 1 heterocycles. The molecule has 0 aliphatic carbocycles. The van der Waals surface area contributed by atoms with Gasteiger partial charge in [-0.2, -0.15) is 5.10 Å². The second-order valence-electron chi connectivity index (χ2n) is 3.62. The molecule has 0 bridgehead atoms. The Morgan fingerprint density at radius 3 is 2.50 bits per heavy atom. The Morgan fingerprint density at radius 1 is 1.36 bits per heavy atom. The first kappa shape index (κ1) is 10.9. The minimum atomic E-state index is 0.129. The van der Waals surface area contributed by atoms with Crippen molar-refractivity contribution in [2.24, 2.45) is 0 Å². The van der Waals surface area contributed by atoms with Gasteiger partial charge in [-0.25, -0.2) is 0 Å². The zero-order valence-electron chi connectivity index (χ0n) is 8.94. The van der Waals surface area contributed by atoms with E-state index in [0.29, 0.717) is 12.5 Å². The Hall–Kier alpha value is -1.16. The Morgan fingerprint density at radius 2 is 2.07 bits per heavy atom. The number of aliphatic hydroxyl groups is 1. The van der Waals surface area contributed by atoms with Gasteiger partial charge in [-0.05, 0) is 18.1 Å². The lowest BCUT2D eigenvalue weighted by Gasteiger charge is -2.16. The third-order valence-corrected chi connectivity index (χ3v) is 2.09. The highest BCUT2D eigenvalue weighted by Crippen LogP contribution is 2.13. The van der Waals surface area contributed by atoms with Crippen LogP contribution in [0.25, 0.3) is 0 Å². The van der Waals surface area contributed by atoms with Crippen LogP contribution in [0.2, 0.25) is 0 Å². The summed E-state index contributed by atoms with van der Waals surface area (Å²) in [4.78, 5) is 1.87. The van der Waals surface area contributed by atoms with Crippen LogP contribution >= 0.6 is 0 Å². The summed E-state index contributed by atoms with van der Waals surface area (Å²) in [5.41, 5.74) is 0.992. The Balaban J connectivity index is 2.72. The van der Waals surface area contributed by atoms with Gasteiger partial charge in [-0.15, -0.1) is 5.10 Å². The second-order valence-corrected chi connectivity index (χ2v) is 3.62. The molecule has 1 aromatic rings. The summed E-state index contributed by atoms with van der Waals surface area (Å²) in [7, 11) is 1.88. The van der Waals surface area contributed by atoms with E-state index >= 15 is 0 Å². The maximum Gasteiger partial charge on any atom is 0.151 e. The maximum atomic E-state index is 8.75. The van der Waals surface area contributed by atoms with Crippen LogP contribution < -0.4 is 4.90 Å². The largest absolute Gasteiger partial charge is 0.395 e. The van der Waals surface area contributed by atoms with E-state index < -0.39 is 0 Å². The third-order valence-electron chi connectivity index (χ3n) is 2.09. The topological polar surface area (TPSA) is 49.2 Å². The average molecular weight is 195 g/mol. The fraction of sp³-hybridized carbons (Fsp3) is 0.600. The quantitative estimate of drug-likeness (QED) is 0.779. The molecule has 1 rings (SSSR count). The first-order valence-electron chi connectivity index (χ1n) is 4.80. The van der Waals surface area contributed by atoms with Gasteiger partial charge in [0.2, 0.25) is 0 Å². The van der Waals surface area contributed by atoms with Gasteiger partial charge in [0, 0.05) is 13.6 Å². The summed E-state index contributed by atoms with van der Waals surface area (Å²) in [6, 6.07) is 3.90. The number of hydrogen-bond donors (Lipinski definition) is 1. The lowest BCUT2D eigenvalue weighted by Crippen LogP contribution is -2.22. The molecule has 4 heteroatoms. The zero-order chi connectivity index (χ0) is 10.6. The first-order valence-corrected chi connectivity index (χ1v) is 4.80. The maximum absolute atomic E-state index is 8.75. The number of aromatic nitrogens is 2. The molecule has 0 fully saturated rings. The van der Waals surface area contributed by atoms with Crippen molar-refractivity contribution >= 4 is 5.82 Å². The Labute approximate surface area is 84.6 Å². The van der Waals surface area contributed by atoms with Gasteiger partial charge in [-0.3, -0.25) is 0 Å². The number of anilines is 1. The van der Waals surface area contributed by atoms with Crippen LogP contribution in [0.1, 0.15) is 25.5 Å². The van der Waals surface area contributed by atoms with Gasteiger partial charge in [0.25, 0.3) is 0 Å². The predicted molar refractivity (Wildman–Crippen MR) is 56.5 cm³/mol. The molecule has 0 radical (unpaired) electrons. The molecule has 14 heavy (non-hydrogen) atoms. The monoisotopic (exact) mass is 195 g/mol. The minimum absolute atomic E-state index is 0.129. The molecule has 1 aromatic heterocycles. The van der Waals surface area contributed by atoms with Crippen molar-refractivity contribution in [3.05, 3.63) is 17.8 Å². The zero-order valence-corrected chi connectivity index (χ0v) is 8.94. The Bertz CT molecular complexity index is 271. The van der Waals surface area contributed by atoms with E-state index in [9.17, 15) is 0 Å². The highest BCUT2D eigenvalue weighted by molar-refractivity contribution is 5.36. The molecule has 0 aliphatic rings. The van der Waals surface area contributed by atoms with Crippen molar-refractivity contribution < 1.29 is 5.11 Å². The summed E-state index contributed by atoms with van der Waals surface area (Å²) >= 11 is 0. The predicted octanol–water partition coefficient (Wildman–Crippen LogP) is 1.03. The molecule has 78 valence electrons. The van der Waals surface area contributed by atoms with Crippen molar-refractivity contribution in [1.29, 1.82) is 0 Å². The summed E-state index contributed by atoms with van der Waals surface area (Å²) in [5, 5.41) is 16.9. The van der Waals surface area contributed by atoms with Gasteiger partial charge >= 0.3 is 0 Å². The molecule has 0 atom stereocenters. The van der Waals surface area contributed by atoms with Crippen molar-refractivity contribution in [3.63, 3.8) is 0 Å². The van der Waals surface area contributed by atoms with E-state index in [2.05, 4.69) is 24.0 Å².